The molecule has 2 rings (SSSR count). The molecule has 2 nitrogen and oxygen atoms in total. The number of pyridine rings is 1. The van der Waals surface area contributed by atoms with Gasteiger partial charge in [0.05, 0.1) is 0 Å². The van der Waals surface area contributed by atoms with Crippen LogP contribution in [0.25, 0.3) is 10.8 Å². The Kier molecular flexibility index (Phi) is 2.11. The molecule has 0 N–H and O–H groups in total. The second-order valence-electron chi connectivity index (χ2n) is 3.11. The maximum atomic E-state index is 8.86. The van der Waals surface area contributed by atoms with Gasteiger partial charge in [-0.25, -0.2) is 4.98 Å². The van der Waals surface area contributed by atoms with Crippen LogP contribution in [0.5, 0.6) is 0 Å². The van der Waals surface area contributed by atoms with Crippen molar-refractivity contribution in [1.29, 1.82) is 5.26 Å². The van der Waals surface area contributed by atoms with Crippen molar-refractivity contribution in [3.8, 4) is 6.07 Å². The zero-order valence-corrected chi connectivity index (χ0v) is 8.34. The third kappa shape index (κ3) is 1.32. The quantitative estimate of drug-likeness (QED) is 0.658. The predicted octanol–water partition coefficient (Wildman–Crippen LogP) is 3.07. The Hall–Kier alpha value is -1.59. The third-order valence-corrected chi connectivity index (χ3v) is 2.39. The first kappa shape index (κ1) is 8.98. The predicted molar refractivity (Wildman–Crippen MR) is 56.2 cm³/mol. The highest BCUT2D eigenvalue weighted by atomic mass is 35.5. The van der Waals surface area contributed by atoms with Gasteiger partial charge in [-0.3, -0.25) is 0 Å². The van der Waals surface area contributed by atoms with Gasteiger partial charge in [-0.2, -0.15) is 5.26 Å². The number of fused-ring (bicyclic) bond motifs is 1. The highest BCUT2D eigenvalue weighted by Crippen LogP contribution is 2.26. The standard InChI is InChI=1S/C11H7ClN2/c1-7-4-9-8(10(12)5-7)2-3-14-11(9)6-13/h2-5H,1H3. The van der Waals surface area contributed by atoms with Crippen molar-refractivity contribution in [3.05, 3.63) is 40.7 Å². The van der Waals surface area contributed by atoms with Gasteiger partial charge in [-0.1, -0.05) is 11.6 Å². The van der Waals surface area contributed by atoms with E-state index in [9.17, 15) is 0 Å². The van der Waals surface area contributed by atoms with Gasteiger partial charge >= 0.3 is 0 Å². The monoisotopic (exact) mass is 202 g/mol. The molecule has 68 valence electrons. The largest absolute Gasteiger partial charge is 0.245 e. The van der Waals surface area contributed by atoms with Crippen molar-refractivity contribution in [1.82, 2.24) is 4.98 Å². The Bertz CT molecular complexity index is 541. The summed E-state index contributed by atoms with van der Waals surface area (Å²) in [6.07, 6.45) is 1.60. The van der Waals surface area contributed by atoms with Gasteiger partial charge in [-0.15, -0.1) is 0 Å². The van der Waals surface area contributed by atoms with Crippen LogP contribution in [0.2, 0.25) is 5.02 Å². The molecule has 0 saturated heterocycles. The molecule has 0 radical (unpaired) electrons. The molecule has 14 heavy (non-hydrogen) atoms. The first-order valence-corrected chi connectivity index (χ1v) is 4.55. The Morgan fingerprint density at radius 1 is 1.36 bits per heavy atom. The van der Waals surface area contributed by atoms with Crippen LogP contribution in [0.15, 0.2) is 24.4 Å². The number of benzene rings is 1. The smallest absolute Gasteiger partial charge is 0.148 e. The zero-order chi connectivity index (χ0) is 10.1. The van der Waals surface area contributed by atoms with E-state index in [0.29, 0.717) is 10.7 Å². The van der Waals surface area contributed by atoms with Crippen molar-refractivity contribution in [2.45, 2.75) is 6.92 Å². The number of aromatic nitrogens is 1. The lowest BCUT2D eigenvalue weighted by Gasteiger charge is -2.02. The Morgan fingerprint density at radius 3 is 2.86 bits per heavy atom. The molecular formula is C11H7ClN2. The van der Waals surface area contributed by atoms with Gasteiger partial charge < -0.3 is 0 Å². The van der Waals surface area contributed by atoms with Crippen LogP contribution in [0.4, 0.5) is 0 Å². The molecule has 0 saturated carbocycles. The second kappa shape index (κ2) is 3.28. The summed E-state index contributed by atoms with van der Waals surface area (Å²) in [5.74, 6) is 0. The maximum Gasteiger partial charge on any atom is 0.148 e. The molecule has 2 aromatic rings. The molecule has 1 aromatic carbocycles. The number of halogens is 1. The molecule has 0 atom stereocenters. The SMILES string of the molecule is Cc1cc(Cl)c2ccnc(C#N)c2c1. The summed E-state index contributed by atoms with van der Waals surface area (Å²) in [5, 5.41) is 11.2. The van der Waals surface area contributed by atoms with Crippen molar-refractivity contribution in [3.63, 3.8) is 0 Å². The minimum absolute atomic E-state index is 0.424. The molecule has 0 amide bonds. The van der Waals surface area contributed by atoms with Crippen molar-refractivity contribution >= 4 is 22.4 Å². The van der Waals surface area contributed by atoms with Crippen molar-refractivity contribution < 1.29 is 0 Å². The maximum absolute atomic E-state index is 8.86. The van der Waals surface area contributed by atoms with Crippen LogP contribution in [-0.2, 0) is 0 Å². The summed E-state index contributed by atoms with van der Waals surface area (Å²) in [6.45, 7) is 1.94. The lowest BCUT2D eigenvalue weighted by molar-refractivity contribution is 1.29. The van der Waals surface area contributed by atoms with E-state index < -0.39 is 0 Å². The number of nitrogens with zero attached hydrogens (tertiary/aromatic N) is 2. The van der Waals surface area contributed by atoms with Crippen LogP contribution < -0.4 is 0 Å². The summed E-state index contributed by atoms with van der Waals surface area (Å²) in [7, 11) is 0. The molecule has 0 fully saturated rings. The summed E-state index contributed by atoms with van der Waals surface area (Å²) in [6, 6.07) is 7.68. The molecular weight excluding hydrogens is 196 g/mol. The van der Waals surface area contributed by atoms with Crippen LogP contribution in [0.3, 0.4) is 0 Å². The van der Waals surface area contributed by atoms with E-state index in [0.717, 1.165) is 16.3 Å². The molecule has 0 bridgehead atoms. The Morgan fingerprint density at radius 2 is 2.14 bits per heavy atom. The van der Waals surface area contributed by atoms with Gasteiger partial charge in [0, 0.05) is 22.0 Å². The van der Waals surface area contributed by atoms with Crippen molar-refractivity contribution in [2.75, 3.05) is 0 Å². The van der Waals surface area contributed by atoms with E-state index in [1.54, 1.807) is 6.20 Å². The van der Waals surface area contributed by atoms with Crippen LogP contribution in [0, 0.1) is 18.3 Å². The number of nitriles is 1. The topological polar surface area (TPSA) is 36.7 Å². The molecule has 0 aliphatic carbocycles. The highest BCUT2D eigenvalue weighted by Gasteiger charge is 2.05. The molecule has 1 heterocycles. The number of hydrogen-bond acceptors (Lipinski definition) is 2. The summed E-state index contributed by atoms with van der Waals surface area (Å²) in [5.41, 5.74) is 1.46. The minimum Gasteiger partial charge on any atom is -0.245 e. The lowest BCUT2D eigenvalue weighted by atomic mass is 10.1. The summed E-state index contributed by atoms with van der Waals surface area (Å²) >= 11 is 6.05. The fraction of sp³-hybridized carbons (Fsp3) is 0.0909. The molecule has 0 spiro atoms. The lowest BCUT2D eigenvalue weighted by Crippen LogP contribution is -1.86. The van der Waals surface area contributed by atoms with Crippen LogP contribution in [-0.4, -0.2) is 4.98 Å². The first-order valence-electron chi connectivity index (χ1n) is 4.17. The van der Waals surface area contributed by atoms with E-state index in [2.05, 4.69) is 11.1 Å². The van der Waals surface area contributed by atoms with Gasteiger partial charge in [0.15, 0.2) is 0 Å². The Balaban J connectivity index is 2.95. The third-order valence-electron chi connectivity index (χ3n) is 2.08. The number of hydrogen-bond donors (Lipinski definition) is 0. The molecule has 1 aromatic heterocycles. The Labute approximate surface area is 86.8 Å². The normalized spacial score (nSPS) is 10.1. The fourth-order valence-corrected chi connectivity index (χ4v) is 1.80. The van der Waals surface area contributed by atoms with Crippen LogP contribution in [0.1, 0.15) is 11.3 Å². The van der Waals surface area contributed by atoms with Gasteiger partial charge in [-0.05, 0) is 30.7 Å². The van der Waals surface area contributed by atoms with E-state index in [1.165, 1.54) is 0 Å². The first-order chi connectivity index (χ1) is 6.72. The van der Waals surface area contributed by atoms with Crippen LogP contribution >= 0.6 is 11.6 Å². The summed E-state index contributed by atoms with van der Waals surface area (Å²) < 4.78 is 0. The molecule has 3 heteroatoms. The van der Waals surface area contributed by atoms with Crippen molar-refractivity contribution in [2.24, 2.45) is 0 Å². The van der Waals surface area contributed by atoms with E-state index in [4.69, 9.17) is 16.9 Å². The number of aryl methyl sites for hydroxylation is 1. The van der Waals surface area contributed by atoms with E-state index >= 15 is 0 Å². The molecule has 0 aliphatic rings. The fourth-order valence-electron chi connectivity index (χ4n) is 1.46. The van der Waals surface area contributed by atoms with Gasteiger partial charge in [0.1, 0.15) is 11.8 Å². The van der Waals surface area contributed by atoms with E-state index in [-0.39, 0.29) is 0 Å². The average Bonchev–Trinajstić information content (AvgIpc) is 2.17. The minimum atomic E-state index is 0.424. The van der Waals surface area contributed by atoms with Gasteiger partial charge in [0.2, 0.25) is 0 Å². The van der Waals surface area contributed by atoms with Gasteiger partial charge in [0.25, 0.3) is 0 Å². The molecule has 0 aliphatic heterocycles. The molecule has 0 unspecified atom stereocenters. The zero-order valence-electron chi connectivity index (χ0n) is 7.58. The second-order valence-corrected chi connectivity index (χ2v) is 3.52. The number of rotatable bonds is 0. The summed E-state index contributed by atoms with van der Waals surface area (Å²) in [4.78, 5) is 3.99. The average molecular weight is 203 g/mol. The highest BCUT2D eigenvalue weighted by molar-refractivity contribution is 6.35. The van der Waals surface area contributed by atoms with E-state index in [1.807, 2.05) is 25.1 Å².